The summed E-state index contributed by atoms with van der Waals surface area (Å²) in [5, 5.41) is 12.7. The van der Waals surface area contributed by atoms with E-state index < -0.39 is 11.9 Å². The highest BCUT2D eigenvalue weighted by atomic mass is 127. The zero-order valence-corrected chi connectivity index (χ0v) is 14.0. The third kappa shape index (κ3) is 2.70. The van der Waals surface area contributed by atoms with Gasteiger partial charge in [0.25, 0.3) is 0 Å². The molecule has 2 aliphatic rings. The van der Waals surface area contributed by atoms with Crippen LogP contribution >= 0.6 is 34.2 Å². The fraction of sp³-hybridized carbons (Fsp3) is 0.429. The number of benzene rings is 1. The maximum absolute atomic E-state index is 12.5. The van der Waals surface area contributed by atoms with Crippen LogP contribution in [0.4, 0.5) is 10.5 Å². The average molecular weight is 421 g/mol. The maximum Gasteiger partial charge on any atom is 0.322 e. The van der Waals surface area contributed by atoms with E-state index in [4.69, 9.17) is 11.6 Å². The first-order valence-electron chi connectivity index (χ1n) is 6.74. The zero-order chi connectivity index (χ0) is 15.1. The lowest BCUT2D eigenvalue weighted by Gasteiger charge is -2.23. The number of urea groups is 1. The Morgan fingerprint density at radius 1 is 1.38 bits per heavy atom. The molecule has 0 saturated carbocycles. The van der Waals surface area contributed by atoms with E-state index in [0.717, 1.165) is 16.4 Å². The molecular weight excluding hydrogens is 407 g/mol. The predicted molar refractivity (Wildman–Crippen MR) is 87.6 cm³/mol. The van der Waals surface area contributed by atoms with Crippen molar-refractivity contribution < 1.29 is 14.7 Å². The first kappa shape index (κ1) is 14.9. The van der Waals surface area contributed by atoms with Crippen molar-refractivity contribution in [2.24, 2.45) is 5.92 Å². The summed E-state index contributed by atoms with van der Waals surface area (Å²) in [4.78, 5) is 25.4. The molecule has 2 saturated heterocycles. The number of hydrogen-bond donors (Lipinski definition) is 2. The van der Waals surface area contributed by atoms with E-state index >= 15 is 0 Å². The highest BCUT2D eigenvalue weighted by molar-refractivity contribution is 14.1. The Morgan fingerprint density at radius 2 is 2.14 bits per heavy atom. The molecule has 2 heterocycles. The number of halogens is 2. The van der Waals surface area contributed by atoms with Crippen LogP contribution < -0.4 is 5.32 Å². The van der Waals surface area contributed by atoms with Gasteiger partial charge in [0.2, 0.25) is 0 Å². The van der Waals surface area contributed by atoms with E-state index in [2.05, 4.69) is 27.9 Å². The molecule has 3 unspecified atom stereocenters. The van der Waals surface area contributed by atoms with Crippen LogP contribution in [0, 0.1) is 9.49 Å². The number of carboxylic acid groups (broad SMARTS) is 1. The molecule has 2 aliphatic heterocycles. The highest BCUT2D eigenvalue weighted by Gasteiger charge is 2.51. The van der Waals surface area contributed by atoms with Crippen molar-refractivity contribution in [3.05, 3.63) is 26.8 Å². The molecule has 0 aliphatic carbocycles. The molecule has 1 aromatic carbocycles. The highest BCUT2D eigenvalue weighted by Crippen LogP contribution is 2.42. The fourth-order valence-electron chi connectivity index (χ4n) is 3.34. The second kappa shape index (κ2) is 5.64. The van der Waals surface area contributed by atoms with Gasteiger partial charge in [0.1, 0.15) is 0 Å². The molecule has 0 spiro atoms. The van der Waals surface area contributed by atoms with Gasteiger partial charge in [-0.25, -0.2) is 4.79 Å². The van der Waals surface area contributed by atoms with E-state index in [1.54, 1.807) is 23.1 Å². The Balaban J connectivity index is 1.76. The van der Waals surface area contributed by atoms with Gasteiger partial charge in [0.15, 0.2) is 0 Å². The second-order valence-corrected chi connectivity index (χ2v) is 7.04. The molecule has 112 valence electrons. The lowest BCUT2D eigenvalue weighted by atomic mass is 9.89. The standard InChI is InChI=1S/C14H14ClIN2O3/c15-7-1-3-11(10(16)5-7)17-14(21)18-8-2-4-12(18)9(6-8)13(19)20/h1,3,5,8-9,12H,2,4,6H2,(H,17,21)(H,19,20). The molecule has 21 heavy (non-hydrogen) atoms. The first-order valence-corrected chi connectivity index (χ1v) is 8.20. The van der Waals surface area contributed by atoms with E-state index in [9.17, 15) is 14.7 Å². The minimum absolute atomic E-state index is 0.0426. The Hall–Kier alpha value is -1.02. The van der Waals surface area contributed by atoms with Crippen LogP contribution in [0.1, 0.15) is 19.3 Å². The van der Waals surface area contributed by atoms with Crippen molar-refractivity contribution in [1.82, 2.24) is 4.90 Å². The zero-order valence-electron chi connectivity index (χ0n) is 11.1. The van der Waals surface area contributed by atoms with Crippen LogP contribution in [-0.2, 0) is 4.79 Å². The molecule has 0 radical (unpaired) electrons. The number of fused-ring (bicyclic) bond motifs is 2. The van der Waals surface area contributed by atoms with E-state index in [1.807, 2.05) is 0 Å². The smallest absolute Gasteiger partial charge is 0.322 e. The van der Waals surface area contributed by atoms with Gasteiger partial charge < -0.3 is 15.3 Å². The third-order valence-electron chi connectivity index (χ3n) is 4.26. The number of rotatable bonds is 2. The molecule has 2 fully saturated rings. The van der Waals surface area contributed by atoms with Gasteiger partial charge in [0.05, 0.1) is 11.6 Å². The third-order valence-corrected chi connectivity index (χ3v) is 5.39. The van der Waals surface area contributed by atoms with Crippen LogP contribution in [0.3, 0.4) is 0 Å². The summed E-state index contributed by atoms with van der Waals surface area (Å²) in [6.07, 6.45) is 2.22. The second-order valence-electron chi connectivity index (χ2n) is 5.44. The Labute approximate surface area is 140 Å². The normalized spacial score (nSPS) is 27.0. The lowest BCUT2D eigenvalue weighted by Crippen LogP contribution is -2.40. The topological polar surface area (TPSA) is 69.6 Å². The molecule has 3 atom stereocenters. The van der Waals surface area contributed by atoms with Crippen LogP contribution in [0.5, 0.6) is 0 Å². The summed E-state index contributed by atoms with van der Waals surface area (Å²) in [6.45, 7) is 0. The minimum Gasteiger partial charge on any atom is -0.481 e. The molecule has 2 amide bonds. The summed E-state index contributed by atoms with van der Waals surface area (Å²) in [7, 11) is 0. The summed E-state index contributed by atoms with van der Waals surface area (Å²) in [5.41, 5.74) is 0.697. The maximum atomic E-state index is 12.5. The number of nitrogens with zero attached hydrogens (tertiary/aromatic N) is 1. The number of amides is 2. The lowest BCUT2D eigenvalue weighted by molar-refractivity contribution is -0.142. The summed E-state index contributed by atoms with van der Waals surface area (Å²) < 4.78 is 0.856. The minimum atomic E-state index is -0.805. The van der Waals surface area contributed by atoms with Crippen molar-refractivity contribution in [3.8, 4) is 0 Å². The number of nitrogens with one attached hydrogen (secondary N) is 1. The van der Waals surface area contributed by atoms with E-state index in [-0.39, 0.29) is 18.1 Å². The number of aliphatic carboxylic acids is 1. The van der Waals surface area contributed by atoms with Crippen molar-refractivity contribution in [2.75, 3.05) is 5.32 Å². The number of hydrogen-bond acceptors (Lipinski definition) is 2. The monoisotopic (exact) mass is 420 g/mol. The van der Waals surface area contributed by atoms with Crippen molar-refractivity contribution >= 4 is 51.9 Å². The predicted octanol–water partition coefficient (Wildman–Crippen LogP) is 3.41. The average Bonchev–Trinajstić information content (AvgIpc) is 2.99. The van der Waals surface area contributed by atoms with Crippen LogP contribution in [-0.4, -0.2) is 34.1 Å². The molecular formula is C14H14ClIN2O3. The van der Waals surface area contributed by atoms with Crippen molar-refractivity contribution in [3.63, 3.8) is 0 Å². The summed E-state index contributed by atoms with van der Waals surface area (Å²) in [6, 6.07) is 4.90. The molecule has 2 bridgehead atoms. The summed E-state index contributed by atoms with van der Waals surface area (Å²) >= 11 is 8.01. The Morgan fingerprint density at radius 3 is 2.76 bits per heavy atom. The molecule has 1 aromatic rings. The quantitative estimate of drug-likeness (QED) is 0.721. The largest absolute Gasteiger partial charge is 0.481 e. The van der Waals surface area contributed by atoms with E-state index in [1.165, 1.54) is 0 Å². The SMILES string of the molecule is O=C(O)C1CC2CCC1N2C(=O)Nc1ccc(Cl)cc1I. The number of carbonyl (C=O) groups is 2. The molecule has 3 rings (SSSR count). The molecule has 7 heteroatoms. The van der Waals surface area contributed by atoms with Crippen molar-refractivity contribution in [2.45, 2.75) is 31.3 Å². The first-order chi connectivity index (χ1) is 9.97. The van der Waals surface area contributed by atoms with Crippen LogP contribution in [0.25, 0.3) is 0 Å². The van der Waals surface area contributed by atoms with Gasteiger partial charge in [-0.2, -0.15) is 0 Å². The fourth-order valence-corrected chi connectivity index (χ4v) is 4.35. The Bertz CT molecular complexity index is 610. The van der Waals surface area contributed by atoms with Gasteiger partial charge in [0, 0.05) is 20.7 Å². The number of carboxylic acids is 1. The number of anilines is 1. The van der Waals surface area contributed by atoms with Gasteiger partial charge in [-0.15, -0.1) is 0 Å². The van der Waals surface area contributed by atoms with Crippen molar-refractivity contribution in [1.29, 1.82) is 0 Å². The van der Waals surface area contributed by atoms with Gasteiger partial charge in [-0.3, -0.25) is 4.79 Å². The van der Waals surface area contributed by atoms with Gasteiger partial charge >= 0.3 is 12.0 Å². The summed E-state index contributed by atoms with van der Waals surface area (Å²) in [5.74, 6) is -1.24. The van der Waals surface area contributed by atoms with E-state index in [0.29, 0.717) is 17.1 Å². The molecule has 0 aromatic heterocycles. The van der Waals surface area contributed by atoms with Gasteiger partial charge in [-0.1, -0.05) is 11.6 Å². The number of carbonyl (C=O) groups excluding carboxylic acids is 1. The Kier molecular flexibility index (Phi) is 4.00. The molecule has 5 nitrogen and oxygen atoms in total. The van der Waals surface area contributed by atoms with Gasteiger partial charge in [-0.05, 0) is 60.1 Å². The van der Waals surface area contributed by atoms with Crippen LogP contribution in [0.2, 0.25) is 5.02 Å². The molecule has 2 N–H and O–H groups in total. The van der Waals surface area contributed by atoms with Crippen LogP contribution in [0.15, 0.2) is 18.2 Å².